The highest BCUT2D eigenvalue weighted by Crippen LogP contribution is 2.17. The minimum Gasteiger partial charge on any atom is -0.325 e. The zero-order chi connectivity index (χ0) is 13.6. The number of carbonyl (C=O) groups excluding carboxylic acids is 1. The minimum atomic E-state index is -0.00812. The fraction of sp³-hybridized carbons (Fsp3) is 0.500. The van der Waals surface area contributed by atoms with Crippen LogP contribution in [0.5, 0.6) is 0 Å². The molecule has 1 rings (SSSR count). The van der Waals surface area contributed by atoms with Crippen LogP contribution in [0.3, 0.4) is 0 Å². The number of anilines is 1. The molecule has 0 saturated heterocycles. The quantitative estimate of drug-likeness (QED) is 0.818. The van der Waals surface area contributed by atoms with Crippen LogP contribution in [0.25, 0.3) is 0 Å². The van der Waals surface area contributed by atoms with Gasteiger partial charge in [0.25, 0.3) is 0 Å². The molecule has 0 radical (unpaired) electrons. The zero-order valence-corrected chi connectivity index (χ0v) is 12.8. The predicted octanol–water partition coefficient (Wildman–Crippen LogP) is 3.41. The van der Waals surface area contributed by atoms with E-state index in [4.69, 9.17) is 0 Å². The van der Waals surface area contributed by atoms with Gasteiger partial charge in [-0.1, -0.05) is 36.7 Å². The number of hydrogen-bond acceptors (Lipinski definition) is 2. The first-order chi connectivity index (χ1) is 8.37. The highest BCUT2D eigenvalue weighted by atomic mass is 79.9. The Morgan fingerprint density at radius 2 is 1.83 bits per heavy atom. The number of carbonyl (C=O) groups is 1. The van der Waals surface area contributed by atoms with Crippen molar-refractivity contribution in [3.63, 3.8) is 0 Å². The van der Waals surface area contributed by atoms with Gasteiger partial charge in [0.05, 0.1) is 6.54 Å². The van der Waals surface area contributed by atoms with Gasteiger partial charge in [-0.15, -0.1) is 0 Å². The van der Waals surface area contributed by atoms with Crippen molar-refractivity contribution < 1.29 is 4.79 Å². The Bertz CT molecular complexity index is 382. The molecule has 0 bridgehead atoms. The van der Waals surface area contributed by atoms with Gasteiger partial charge in [-0.25, -0.2) is 0 Å². The highest BCUT2D eigenvalue weighted by molar-refractivity contribution is 9.10. The van der Waals surface area contributed by atoms with Gasteiger partial charge >= 0.3 is 0 Å². The van der Waals surface area contributed by atoms with Gasteiger partial charge in [0.2, 0.25) is 5.91 Å². The standard InChI is InChI=1S/C14H21BrN2O/c1-14(2,3)8-9-16-10-13(18)17-12-6-4-11(15)5-7-12/h4-7,16H,8-10H2,1-3H3,(H,17,18). The van der Waals surface area contributed by atoms with E-state index >= 15 is 0 Å². The number of hydrogen-bond donors (Lipinski definition) is 2. The fourth-order valence-electron chi connectivity index (χ4n) is 1.40. The molecule has 4 heteroatoms. The normalized spacial score (nSPS) is 11.3. The highest BCUT2D eigenvalue weighted by Gasteiger charge is 2.09. The number of nitrogens with one attached hydrogen (secondary N) is 2. The van der Waals surface area contributed by atoms with Crippen molar-refractivity contribution in [1.82, 2.24) is 5.32 Å². The van der Waals surface area contributed by atoms with Gasteiger partial charge < -0.3 is 10.6 Å². The summed E-state index contributed by atoms with van der Waals surface area (Å²) in [6.45, 7) is 7.78. The third kappa shape index (κ3) is 6.77. The van der Waals surface area contributed by atoms with Crippen molar-refractivity contribution in [2.75, 3.05) is 18.4 Å². The van der Waals surface area contributed by atoms with Crippen molar-refractivity contribution in [1.29, 1.82) is 0 Å². The van der Waals surface area contributed by atoms with Crippen LogP contribution in [-0.2, 0) is 4.79 Å². The average molecular weight is 313 g/mol. The monoisotopic (exact) mass is 312 g/mol. The van der Waals surface area contributed by atoms with Crippen molar-refractivity contribution in [3.05, 3.63) is 28.7 Å². The van der Waals surface area contributed by atoms with Gasteiger partial charge in [0.1, 0.15) is 0 Å². The minimum absolute atomic E-state index is 0.00812. The molecule has 0 fully saturated rings. The van der Waals surface area contributed by atoms with E-state index in [1.807, 2.05) is 24.3 Å². The molecule has 0 atom stereocenters. The Kier molecular flexibility index (Phi) is 5.82. The second-order valence-electron chi connectivity index (χ2n) is 5.54. The lowest BCUT2D eigenvalue weighted by Gasteiger charge is -2.17. The van der Waals surface area contributed by atoms with E-state index in [1.165, 1.54) is 0 Å². The summed E-state index contributed by atoms with van der Waals surface area (Å²) >= 11 is 3.36. The molecule has 1 aromatic rings. The molecule has 0 unspecified atom stereocenters. The third-order valence-electron chi connectivity index (χ3n) is 2.47. The van der Waals surface area contributed by atoms with E-state index in [9.17, 15) is 4.79 Å². The smallest absolute Gasteiger partial charge is 0.238 e. The van der Waals surface area contributed by atoms with E-state index in [2.05, 4.69) is 47.3 Å². The molecule has 0 saturated carbocycles. The summed E-state index contributed by atoms with van der Waals surface area (Å²) in [5.41, 5.74) is 1.12. The fourth-order valence-corrected chi connectivity index (χ4v) is 1.67. The molecule has 0 aromatic heterocycles. The molecule has 100 valence electrons. The molecule has 0 aliphatic heterocycles. The van der Waals surface area contributed by atoms with Crippen LogP contribution in [0.4, 0.5) is 5.69 Å². The Balaban J connectivity index is 2.24. The Labute approximate surface area is 117 Å². The van der Waals surface area contributed by atoms with Crippen LogP contribution < -0.4 is 10.6 Å². The molecule has 3 nitrogen and oxygen atoms in total. The third-order valence-corrected chi connectivity index (χ3v) is 2.99. The molecule has 1 aromatic carbocycles. The van der Waals surface area contributed by atoms with Crippen LogP contribution in [0.15, 0.2) is 28.7 Å². The summed E-state index contributed by atoms with van der Waals surface area (Å²) < 4.78 is 1.00. The van der Waals surface area contributed by atoms with E-state index < -0.39 is 0 Å². The van der Waals surface area contributed by atoms with Gasteiger partial charge in [-0.05, 0) is 42.6 Å². The van der Waals surface area contributed by atoms with Crippen molar-refractivity contribution in [2.24, 2.45) is 5.41 Å². The number of amides is 1. The summed E-state index contributed by atoms with van der Waals surface area (Å²) in [6, 6.07) is 7.56. The van der Waals surface area contributed by atoms with E-state index in [1.54, 1.807) is 0 Å². The predicted molar refractivity (Wildman–Crippen MR) is 79.7 cm³/mol. The second-order valence-corrected chi connectivity index (χ2v) is 6.46. The van der Waals surface area contributed by atoms with E-state index in [-0.39, 0.29) is 5.91 Å². The molecule has 0 aliphatic carbocycles. The molecule has 18 heavy (non-hydrogen) atoms. The number of halogens is 1. The molecule has 0 aliphatic rings. The second kappa shape index (κ2) is 6.90. The van der Waals surface area contributed by atoms with Gasteiger partial charge in [-0.2, -0.15) is 0 Å². The average Bonchev–Trinajstić information content (AvgIpc) is 2.26. The lowest BCUT2D eigenvalue weighted by Crippen LogP contribution is -2.30. The molecule has 0 spiro atoms. The van der Waals surface area contributed by atoms with Crippen molar-refractivity contribution >= 4 is 27.5 Å². The maximum Gasteiger partial charge on any atom is 0.238 e. The lowest BCUT2D eigenvalue weighted by atomic mass is 9.92. The molecule has 1 amide bonds. The topological polar surface area (TPSA) is 41.1 Å². The lowest BCUT2D eigenvalue weighted by molar-refractivity contribution is -0.115. The number of benzene rings is 1. The maximum atomic E-state index is 11.6. The zero-order valence-electron chi connectivity index (χ0n) is 11.2. The molecule has 0 heterocycles. The molecule has 2 N–H and O–H groups in total. The first-order valence-corrected chi connectivity index (χ1v) is 6.92. The maximum absolute atomic E-state index is 11.6. The largest absolute Gasteiger partial charge is 0.325 e. The Hall–Kier alpha value is -0.870. The van der Waals surface area contributed by atoms with Crippen molar-refractivity contribution in [3.8, 4) is 0 Å². The van der Waals surface area contributed by atoms with Gasteiger partial charge in [-0.3, -0.25) is 4.79 Å². The SMILES string of the molecule is CC(C)(C)CCNCC(=O)Nc1ccc(Br)cc1. The van der Waals surface area contributed by atoms with Crippen LogP contribution in [0, 0.1) is 5.41 Å². The van der Waals surface area contributed by atoms with E-state index in [0.717, 1.165) is 23.1 Å². The first kappa shape index (κ1) is 15.2. The van der Waals surface area contributed by atoms with Gasteiger partial charge in [0.15, 0.2) is 0 Å². The van der Waals surface area contributed by atoms with Crippen molar-refractivity contribution in [2.45, 2.75) is 27.2 Å². The first-order valence-electron chi connectivity index (χ1n) is 6.13. The Morgan fingerprint density at radius 3 is 2.39 bits per heavy atom. The summed E-state index contributed by atoms with van der Waals surface area (Å²) in [7, 11) is 0. The molecular formula is C14H21BrN2O. The summed E-state index contributed by atoms with van der Waals surface area (Å²) in [4.78, 5) is 11.6. The van der Waals surface area contributed by atoms with Crippen LogP contribution in [0.1, 0.15) is 27.2 Å². The van der Waals surface area contributed by atoms with Crippen LogP contribution in [-0.4, -0.2) is 19.0 Å². The van der Waals surface area contributed by atoms with Crippen LogP contribution >= 0.6 is 15.9 Å². The van der Waals surface area contributed by atoms with Gasteiger partial charge in [0, 0.05) is 10.2 Å². The van der Waals surface area contributed by atoms with Crippen LogP contribution in [0.2, 0.25) is 0 Å². The summed E-state index contributed by atoms with van der Waals surface area (Å²) in [5.74, 6) is -0.00812. The summed E-state index contributed by atoms with van der Waals surface area (Å²) in [6.07, 6.45) is 1.05. The molecular weight excluding hydrogens is 292 g/mol. The Morgan fingerprint density at radius 1 is 1.22 bits per heavy atom. The number of rotatable bonds is 5. The summed E-state index contributed by atoms with van der Waals surface area (Å²) in [5, 5.41) is 6.00. The van der Waals surface area contributed by atoms with E-state index in [0.29, 0.717) is 12.0 Å².